The number of rotatable bonds is 5. The Morgan fingerprint density at radius 2 is 2.05 bits per heavy atom. The smallest absolute Gasteiger partial charge is 0.137 e. The maximum Gasteiger partial charge on any atom is 0.137 e. The Kier molecular flexibility index (Phi) is 4.74. The highest BCUT2D eigenvalue weighted by atomic mass is 32.2. The van der Waals surface area contributed by atoms with Crippen molar-refractivity contribution >= 4 is 17.6 Å². The van der Waals surface area contributed by atoms with Crippen molar-refractivity contribution in [2.45, 2.75) is 29.7 Å². The monoisotopic (exact) mass is 277 g/mol. The molecule has 0 aliphatic heterocycles. The summed E-state index contributed by atoms with van der Waals surface area (Å²) in [5.41, 5.74) is 1.04. The van der Waals surface area contributed by atoms with Gasteiger partial charge in [-0.05, 0) is 18.6 Å². The lowest BCUT2D eigenvalue weighted by atomic mass is 10.2. The SMILES string of the molecule is CCCc1c(NC)ncnc1Sc1ccccc1F. The molecule has 1 N–H and O–H groups in total. The summed E-state index contributed by atoms with van der Waals surface area (Å²) in [6.45, 7) is 2.10. The summed E-state index contributed by atoms with van der Waals surface area (Å²) >= 11 is 1.34. The highest BCUT2D eigenvalue weighted by molar-refractivity contribution is 7.99. The van der Waals surface area contributed by atoms with Gasteiger partial charge in [0.1, 0.15) is 23.0 Å². The lowest BCUT2D eigenvalue weighted by Gasteiger charge is -2.11. The Labute approximate surface area is 116 Å². The standard InChI is InChI=1S/C14H16FN3S/c1-3-6-10-13(16-2)17-9-18-14(10)19-12-8-5-4-7-11(12)15/h4-5,7-9H,3,6H2,1-2H3,(H,16,17,18). The second-order valence-electron chi connectivity index (χ2n) is 4.04. The average Bonchev–Trinajstić information content (AvgIpc) is 2.43. The zero-order valence-corrected chi connectivity index (χ0v) is 11.8. The minimum atomic E-state index is -0.223. The first-order valence-corrected chi connectivity index (χ1v) is 7.02. The van der Waals surface area contributed by atoms with Crippen LogP contribution >= 0.6 is 11.8 Å². The predicted octanol–water partition coefficient (Wildman–Crippen LogP) is 3.76. The molecule has 3 nitrogen and oxygen atoms in total. The highest BCUT2D eigenvalue weighted by Crippen LogP contribution is 2.33. The molecular formula is C14H16FN3S. The van der Waals surface area contributed by atoms with Crippen LogP contribution in [0.2, 0.25) is 0 Å². The molecule has 1 aromatic heterocycles. The number of aromatic nitrogens is 2. The van der Waals surface area contributed by atoms with Crippen molar-refractivity contribution in [3.8, 4) is 0 Å². The van der Waals surface area contributed by atoms with Gasteiger partial charge in [0.05, 0.1) is 0 Å². The van der Waals surface area contributed by atoms with Crippen molar-refractivity contribution in [3.63, 3.8) is 0 Å². The molecule has 0 bridgehead atoms. The van der Waals surface area contributed by atoms with Gasteiger partial charge in [-0.1, -0.05) is 37.2 Å². The van der Waals surface area contributed by atoms with Crippen LogP contribution in [0, 0.1) is 5.82 Å². The van der Waals surface area contributed by atoms with Gasteiger partial charge in [-0.2, -0.15) is 0 Å². The van der Waals surface area contributed by atoms with E-state index in [2.05, 4.69) is 22.2 Å². The molecule has 100 valence electrons. The minimum absolute atomic E-state index is 0.223. The van der Waals surface area contributed by atoms with E-state index in [0.29, 0.717) is 4.90 Å². The van der Waals surface area contributed by atoms with Crippen molar-refractivity contribution in [1.29, 1.82) is 0 Å². The fourth-order valence-electron chi connectivity index (χ4n) is 1.81. The van der Waals surface area contributed by atoms with E-state index < -0.39 is 0 Å². The summed E-state index contributed by atoms with van der Waals surface area (Å²) in [7, 11) is 1.83. The van der Waals surface area contributed by atoms with Gasteiger partial charge < -0.3 is 5.32 Å². The molecule has 0 fully saturated rings. The summed E-state index contributed by atoms with van der Waals surface area (Å²) < 4.78 is 13.7. The first-order chi connectivity index (χ1) is 9.26. The molecule has 0 unspecified atom stereocenters. The van der Waals surface area contributed by atoms with Gasteiger partial charge in [0, 0.05) is 17.5 Å². The van der Waals surface area contributed by atoms with Crippen molar-refractivity contribution in [2.75, 3.05) is 12.4 Å². The van der Waals surface area contributed by atoms with Crippen LogP contribution in [0.1, 0.15) is 18.9 Å². The van der Waals surface area contributed by atoms with Gasteiger partial charge in [-0.15, -0.1) is 0 Å². The maximum atomic E-state index is 13.7. The molecule has 0 radical (unpaired) electrons. The molecule has 2 aromatic rings. The largest absolute Gasteiger partial charge is 0.373 e. The zero-order chi connectivity index (χ0) is 13.7. The van der Waals surface area contributed by atoms with Crippen molar-refractivity contribution < 1.29 is 4.39 Å². The van der Waals surface area contributed by atoms with Crippen LogP contribution < -0.4 is 5.32 Å². The Balaban J connectivity index is 2.37. The van der Waals surface area contributed by atoms with Crippen molar-refractivity contribution in [3.05, 3.63) is 42.0 Å². The van der Waals surface area contributed by atoms with E-state index in [1.807, 2.05) is 13.1 Å². The molecule has 0 atom stereocenters. The number of hydrogen-bond donors (Lipinski definition) is 1. The van der Waals surface area contributed by atoms with E-state index in [9.17, 15) is 4.39 Å². The Morgan fingerprint density at radius 3 is 2.74 bits per heavy atom. The fraction of sp³-hybridized carbons (Fsp3) is 0.286. The third-order valence-electron chi connectivity index (χ3n) is 2.69. The number of halogens is 1. The molecule has 5 heteroatoms. The summed E-state index contributed by atoms with van der Waals surface area (Å²) in [4.78, 5) is 9.08. The van der Waals surface area contributed by atoms with Gasteiger partial charge in [0.15, 0.2) is 0 Å². The first kappa shape index (κ1) is 13.8. The number of hydrogen-bond acceptors (Lipinski definition) is 4. The Hall–Kier alpha value is -1.62. The van der Waals surface area contributed by atoms with E-state index in [4.69, 9.17) is 0 Å². The van der Waals surface area contributed by atoms with E-state index in [0.717, 1.165) is 29.2 Å². The third-order valence-corrected chi connectivity index (χ3v) is 3.78. The average molecular weight is 277 g/mol. The molecule has 1 aromatic carbocycles. The van der Waals surface area contributed by atoms with Crippen LogP contribution in [0.4, 0.5) is 10.2 Å². The highest BCUT2D eigenvalue weighted by Gasteiger charge is 2.12. The van der Waals surface area contributed by atoms with E-state index in [1.165, 1.54) is 24.2 Å². The third kappa shape index (κ3) is 3.23. The Bertz CT molecular complexity index is 560. The molecule has 0 aliphatic rings. The van der Waals surface area contributed by atoms with Crippen LogP contribution in [-0.2, 0) is 6.42 Å². The van der Waals surface area contributed by atoms with E-state index in [1.54, 1.807) is 12.1 Å². The van der Waals surface area contributed by atoms with Gasteiger partial charge in [0.2, 0.25) is 0 Å². The van der Waals surface area contributed by atoms with Crippen molar-refractivity contribution in [2.24, 2.45) is 0 Å². The van der Waals surface area contributed by atoms with E-state index in [-0.39, 0.29) is 5.82 Å². The van der Waals surface area contributed by atoms with Crippen LogP contribution in [-0.4, -0.2) is 17.0 Å². The number of nitrogens with zero attached hydrogens (tertiary/aromatic N) is 2. The summed E-state index contributed by atoms with van der Waals surface area (Å²) in [5.74, 6) is 0.593. The van der Waals surface area contributed by atoms with E-state index >= 15 is 0 Å². The summed E-state index contributed by atoms with van der Waals surface area (Å²) in [5, 5.41) is 3.87. The summed E-state index contributed by atoms with van der Waals surface area (Å²) in [6.07, 6.45) is 3.37. The van der Waals surface area contributed by atoms with Crippen LogP contribution in [0.5, 0.6) is 0 Å². The minimum Gasteiger partial charge on any atom is -0.373 e. The molecule has 2 rings (SSSR count). The van der Waals surface area contributed by atoms with Gasteiger partial charge in [-0.25, -0.2) is 14.4 Å². The second kappa shape index (κ2) is 6.52. The molecular weight excluding hydrogens is 261 g/mol. The molecule has 0 spiro atoms. The summed E-state index contributed by atoms with van der Waals surface area (Å²) in [6, 6.07) is 6.73. The number of benzene rings is 1. The van der Waals surface area contributed by atoms with Gasteiger partial charge >= 0.3 is 0 Å². The van der Waals surface area contributed by atoms with Gasteiger partial charge in [0.25, 0.3) is 0 Å². The topological polar surface area (TPSA) is 37.8 Å². The molecule has 0 amide bonds. The second-order valence-corrected chi connectivity index (χ2v) is 5.07. The molecule has 0 saturated carbocycles. The molecule has 0 saturated heterocycles. The lowest BCUT2D eigenvalue weighted by molar-refractivity contribution is 0.602. The fourth-order valence-corrected chi connectivity index (χ4v) is 2.75. The van der Waals surface area contributed by atoms with Crippen LogP contribution in [0.15, 0.2) is 40.5 Å². The number of anilines is 1. The van der Waals surface area contributed by atoms with Gasteiger partial charge in [-0.3, -0.25) is 0 Å². The zero-order valence-electron chi connectivity index (χ0n) is 11.0. The normalized spacial score (nSPS) is 10.5. The molecule has 1 heterocycles. The Morgan fingerprint density at radius 1 is 1.26 bits per heavy atom. The maximum absolute atomic E-state index is 13.7. The predicted molar refractivity (Wildman–Crippen MR) is 76.1 cm³/mol. The lowest BCUT2D eigenvalue weighted by Crippen LogP contribution is -2.02. The quantitative estimate of drug-likeness (QED) is 0.844. The first-order valence-electron chi connectivity index (χ1n) is 6.20. The van der Waals surface area contributed by atoms with Crippen LogP contribution in [0.3, 0.4) is 0 Å². The number of nitrogens with one attached hydrogen (secondary N) is 1. The molecule has 0 aliphatic carbocycles. The van der Waals surface area contributed by atoms with Crippen molar-refractivity contribution in [1.82, 2.24) is 9.97 Å². The molecule has 19 heavy (non-hydrogen) atoms. The van der Waals surface area contributed by atoms with Crippen LogP contribution in [0.25, 0.3) is 0 Å².